The van der Waals surface area contributed by atoms with Crippen LogP contribution in [-0.4, -0.2) is 33.0 Å². The minimum Gasteiger partial charge on any atom is -0.338 e. The first kappa shape index (κ1) is 10.4. The summed E-state index contributed by atoms with van der Waals surface area (Å²) in [6.07, 6.45) is 1.93. The maximum absolute atomic E-state index is 11.3. The van der Waals surface area contributed by atoms with E-state index in [1.165, 1.54) is 0 Å². The number of carbonyl (C=O) groups is 1. The molecule has 0 aliphatic carbocycles. The van der Waals surface area contributed by atoms with E-state index < -0.39 is 0 Å². The van der Waals surface area contributed by atoms with Crippen LogP contribution in [0.3, 0.4) is 0 Å². The molecule has 0 bridgehead atoms. The molecule has 0 atom stereocenters. The predicted octanol–water partition coefficient (Wildman–Crippen LogP) is 0.648. The van der Waals surface area contributed by atoms with E-state index in [2.05, 4.69) is 21.8 Å². The Morgan fingerprint density at radius 3 is 2.93 bits per heavy atom. The zero-order valence-electron chi connectivity index (χ0n) is 8.45. The van der Waals surface area contributed by atoms with Crippen LogP contribution in [0.5, 0.6) is 0 Å². The first-order valence-electron chi connectivity index (χ1n) is 4.36. The van der Waals surface area contributed by atoms with Gasteiger partial charge in [0.05, 0.1) is 6.54 Å². The maximum Gasteiger partial charge on any atom is 0.226 e. The average Bonchev–Trinajstić information content (AvgIpc) is 2.51. The summed E-state index contributed by atoms with van der Waals surface area (Å²) in [5.74, 6) is 1.40. The Labute approximate surface area is 82.8 Å². The third kappa shape index (κ3) is 2.69. The molecule has 0 aromatic carbocycles. The van der Waals surface area contributed by atoms with Gasteiger partial charge in [-0.2, -0.15) is 5.10 Å². The summed E-state index contributed by atoms with van der Waals surface area (Å²) >= 11 is 0. The quantitative estimate of drug-likeness (QED) is 0.716. The van der Waals surface area contributed by atoms with Gasteiger partial charge in [-0.25, -0.2) is 4.98 Å². The van der Waals surface area contributed by atoms with Crippen molar-refractivity contribution in [2.75, 3.05) is 7.05 Å². The van der Waals surface area contributed by atoms with E-state index in [-0.39, 0.29) is 5.91 Å². The second-order valence-electron chi connectivity index (χ2n) is 3.08. The number of carbonyl (C=O) groups excluding carboxylic acids is 1. The third-order valence-corrected chi connectivity index (χ3v) is 1.77. The standard InChI is InChI=1S/C9H14N4O/c1-4-5-9(14)13(3)6-8-10-7(2)11-12-8/h4H,1,5-6H2,2-3H3,(H,10,11,12). The lowest BCUT2D eigenvalue weighted by molar-refractivity contribution is -0.129. The van der Waals surface area contributed by atoms with Gasteiger partial charge in [0, 0.05) is 13.5 Å². The number of nitrogens with zero attached hydrogens (tertiary/aromatic N) is 3. The summed E-state index contributed by atoms with van der Waals surface area (Å²) in [6, 6.07) is 0. The Morgan fingerprint density at radius 1 is 1.71 bits per heavy atom. The highest BCUT2D eigenvalue weighted by molar-refractivity contribution is 5.77. The van der Waals surface area contributed by atoms with Gasteiger partial charge < -0.3 is 4.90 Å². The second-order valence-corrected chi connectivity index (χ2v) is 3.08. The molecule has 1 amide bonds. The van der Waals surface area contributed by atoms with Crippen LogP contribution in [0.2, 0.25) is 0 Å². The summed E-state index contributed by atoms with van der Waals surface area (Å²) in [6.45, 7) is 5.76. The molecule has 0 saturated carbocycles. The SMILES string of the molecule is C=CCC(=O)N(C)Cc1n[nH]c(C)n1. The van der Waals surface area contributed by atoms with Crippen LogP contribution in [0.25, 0.3) is 0 Å². The van der Waals surface area contributed by atoms with Crippen molar-refractivity contribution in [3.8, 4) is 0 Å². The zero-order valence-corrected chi connectivity index (χ0v) is 8.45. The number of aromatic nitrogens is 3. The van der Waals surface area contributed by atoms with E-state index in [1.54, 1.807) is 18.0 Å². The molecule has 14 heavy (non-hydrogen) atoms. The minimum absolute atomic E-state index is 0.0162. The van der Waals surface area contributed by atoms with Crippen LogP contribution in [0.15, 0.2) is 12.7 Å². The number of hydrogen-bond donors (Lipinski definition) is 1. The molecule has 0 aliphatic heterocycles. The minimum atomic E-state index is 0.0162. The predicted molar refractivity (Wildman–Crippen MR) is 52.4 cm³/mol. The van der Waals surface area contributed by atoms with Crippen LogP contribution in [0.4, 0.5) is 0 Å². The number of rotatable bonds is 4. The van der Waals surface area contributed by atoms with Gasteiger partial charge in [0.25, 0.3) is 0 Å². The molecular formula is C9H14N4O. The van der Waals surface area contributed by atoms with Crippen molar-refractivity contribution in [3.05, 3.63) is 24.3 Å². The van der Waals surface area contributed by atoms with E-state index in [0.717, 1.165) is 5.82 Å². The molecule has 0 unspecified atom stereocenters. The van der Waals surface area contributed by atoms with Crippen LogP contribution >= 0.6 is 0 Å². The summed E-state index contributed by atoms with van der Waals surface area (Å²) in [4.78, 5) is 17.0. The Balaban J connectivity index is 2.52. The molecule has 0 saturated heterocycles. The fourth-order valence-electron chi connectivity index (χ4n) is 1.04. The molecule has 0 spiro atoms. The summed E-state index contributed by atoms with van der Waals surface area (Å²) in [7, 11) is 1.72. The van der Waals surface area contributed by atoms with E-state index >= 15 is 0 Å². The molecule has 0 radical (unpaired) electrons. The molecule has 1 aromatic rings. The van der Waals surface area contributed by atoms with Gasteiger partial charge in [0.1, 0.15) is 5.82 Å². The first-order chi connectivity index (χ1) is 6.63. The van der Waals surface area contributed by atoms with Gasteiger partial charge >= 0.3 is 0 Å². The van der Waals surface area contributed by atoms with E-state index in [0.29, 0.717) is 18.8 Å². The van der Waals surface area contributed by atoms with Crippen molar-refractivity contribution in [3.63, 3.8) is 0 Å². The lowest BCUT2D eigenvalue weighted by atomic mass is 10.3. The largest absolute Gasteiger partial charge is 0.338 e. The van der Waals surface area contributed by atoms with Crippen molar-refractivity contribution in [1.29, 1.82) is 0 Å². The number of hydrogen-bond acceptors (Lipinski definition) is 3. The van der Waals surface area contributed by atoms with Gasteiger partial charge in [-0.15, -0.1) is 6.58 Å². The normalized spacial score (nSPS) is 9.86. The molecule has 1 aromatic heterocycles. The van der Waals surface area contributed by atoms with Gasteiger partial charge in [-0.1, -0.05) is 6.08 Å². The van der Waals surface area contributed by atoms with Crippen molar-refractivity contribution < 1.29 is 4.79 Å². The number of aryl methyl sites for hydroxylation is 1. The number of aromatic amines is 1. The molecule has 76 valence electrons. The zero-order chi connectivity index (χ0) is 10.6. The Bertz CT molecular complexity index is 331. The van der Waals surface area contributed by atoms with Crippen LogP contribution < -0.4 is 0 Å². The monoisotopic (exact) mass is 194 g/mol. The third-order valence-electron chi connectivity index (χ3n) is 1.77. The van der Waals surface area contributed by atoms with Crippen molar-refractivity contribution >= 4 is 5.91 Å². The topological polar surface area (TPSA) is 61.9 Å². The van der Waals surface area contributed by atoms with Crippen LogP contribution in [0, 0.1) is 6.92 Å². The first-order valence-corrected chi connectivity index (χ1v) is 4.36. The lowest BCUT2D eigenvalue weighted by Crippen LogP contribution is -2.25. The molecule has 0 aliphatic rings. The average molecular weight is 194 g/mol. The fraction of sp³-hybridized carbons (Fsp3) is 0.444. The highest BCUT2D eigenvalue weighted by Crippen LogP contribution is 1.99. The van der Waals surface area contributed by atoms with E-state index in [1.807, 2.05) is 6.92 Å². The number of H-pyrrole nitrogens is 1. The van der Waals surface area contributed by atoms with E-state index in [9.17, 15) is 4.79 Å². The molecule has 1 heterocycles. The molecule has 5 heteroatoms. The second kappa shape index (κ2) is 4.55. The van der Waals surface area contributed by atoms with Gasteiger partial charge in [-0.3, -0.25) is 9.89 Å². The summed E-state index contributed by atoms with van der Waals surface area (Å²) < 4.78 is 0. The van der Waals surface area contributed by atoms with Gasteiger partial charge in [0.15, 0.2) is 5.82 Å². The Kier molecular flexibility index (Phi) is 3.39. The smallest absolute Gasteiger partial charge is 0.226 e. The molecule has 0 fully saturated rings. The molecular weight excluding hydrogens is 180 g/mol. The molecule has 1 rings (SSSR count). The van der Waals surface area contributed by atoms with Crippen molar-refractivity contribution in [1.82, 2.24) is 20.1 Å². The summed E-state index contributed by atoms with van der Waals surface area (Å²) in [5, 5.41) is 6.67. The maximum atomic E-state index is 11.3. The lowest BCUT2D eigenvalue weighted by Gasteiger charge is -2.13. The highest BCUT2D eigenvalue weighted by Gasteiger charge is 2.09. The Hall–Kier alpha value is -1.65. The molecule has 1 N–H and O–H groups in total. The van der Waals surface area contributed by atoms with Crippen LogP contribution in [-0.2, 0) is 11.3 Å². The molecule has 5 nitrogen and oxygen atoms in total. The number of nitrogens with one attached hydrogen (secondary N) is 1. The van der Waals surface area contributed by atoms with Crippen molar-refractivity contribution in [2.45, 2.75) is 19.9 Å². The van der Waals surface area contributed by atoms with Crippen LogP contribution in [0.1, 0.15) is 18.1 Å². The Morgan fingerprint density at radius 2 is 2.43 bits per heavy atom. The van der Waals surface area contributed by atoms with E-state index in [4.69, 9.17) is 0 Å². The number of amides is 1. The van der Waals surface area contributed by atoms with Gasteiger partial charge in [0.2, 0.25) is 5.91 Å². The summed E-state index contributed by atoms with van der Waals surface area (Å²) in [5.41, 5.74) is 0. The van der Waals surface area contributed by atoms with Crippen molar-refractivity contribution in [2.24, 2.45) is 0 Å². The van der Waals surface area contributed by atoms with Gasteiger partial charge in [-0.05, 0) is 6.92 Å². The fourth-order valence-corrected chi connectivity index (χ4v) is 1.04. The highest BCUT2D eigenvalue weighted by atomic mass is 16.2.